The number of fused-ring (bicyclic) bond motifs is 1. The van der Waals surface area contributed by atoms with Crippen LogP contribution in [0.3, 0.4) is 0 Å². The summed E-state index contributed by atoms with van der Waals surface area (Å²) in [5.74, 6) is 2.27. The molecule has 23 heavy (non-hydrogen) atoms. The number of rotatable bonds is 3. The Balaban J connectivity index is 1.66. The summed E-state index contributed by atoms with van der Waals surface area (Å²) in [5.41, 5.74) is 2.21. The number of anilines is 1. The molecule has 0 unspecified atom stereocenters. The highest BCUT2D eigenvalue weighted by atomic mass is 16.5. The Morgan fingerprint density at radius 3 is 2.52 bits per heavy atom. The maximum Gasteiger partial charge on any atom is 0.249 e. The minimum Gasteiger partial charge on any atom is -0.497 e. The standard InChI is InChI=1S/C17H17N3O3/c1-21-13-4-2-12(3-5-13)16-18-14-6-7-15(19-17(14)23-16)20-8-10-22-11-9-20/h2-7H,8-11H2,1H3. The van der Waals surface area contributed by atoms with Gasteiger partial charge in [-0.25, -0.2) is 4.98 Å². The van der Waals surface area contributed by atoms with Crippen molar-refractivity contribution in [2.45, 2.75) is 0 Å². The average Bonchev–Trinajstić information content (AvgIpc) is 3.06. The van der Waals surface area contributed by atoms with E-state index in [2.05, 4.69) is 14.9 Å². The van der Waals surface area contributed by atoms with Crippen LogP contribution < -0.4 is 9.64 Å². The molecule has 2 aromatic heterocycles. The number of pyridine rings is 1. The fourth-order valence-corrected chi connectivity index (χ4v) is 2.63. The summed E-state index contributed by atoms with van der Waals surface area (Å²) in [7, 11) is 1.64. The molecule has 1 saturated heterocycles. The van der Waals surface area contributed by atoms with Gasteiger partial charge in [-0.3, -0.25) is 0 Å². The molecule has 0 saturated carbocycles. The molecule has 3 aromatic rings. The first kappa shape index (κ1) is 14.0. The first-order valence-electron chi connectivity index (χ1n) is 7.58. The number of aromatic nitrogens is 2. The Bertz CT molecular complexity index is 808. The predicted molar refractivity (Wildman–Crippen MR) is 86.8 cm³/mol. The number of methoxy groups -OCH3 is 1. The summed E-state index contributed by atoms with van der Waals surface area (Å²) in [4.78, 5) is 11.3. The van der Waals surface area contributed by atoms with Crippen molar-refractivity contribution < 1.29 is 13.9 Å². The lowest BCUT2D eigenvalue weighted by Crippen LogP contribution is -2.36. The van der Waals surface area contributed by atoms with E-state index in [-0.39, 0.29) is 0 Å². The van der Waals surface area contributed by atoms with E-state index in [0.717, 1.165) is 49.0 Å². The molecule has 6 nitrogen and oxygen atoms in total. The van der Waals surface area contributed by atoms with Gasteiger partial charge in [0.05, 0.1) is 20.3 Å². The van der Waals surface area contributed by atoms with Crippen LogP contribution in [0.2, 0.25) is 0 Å². The van der Waals surface area contributed by atoms with Crippen molar-refractivity contribution in [1.82, 2.24) is 9.97 Å². The minimum absolute atomic E-state index is 0.555. The highest BCUT2D eigenvalue weighted by Crippen LogP contribution is 2.26. The maximum absolute atomic E-state index is 5.84. The van der Waals surface area contributed by atoms with Gasteiger partial charge in [0.1, 0.15) is 17.1 Å². The number of nitrogens with zero attached hydrogens (tertiary/aromatic N) is 3. The zero-order chi connectivity index (χ0) is 15.6. The molecule has 0 atom stereocenters. The Labute approximate surface area is 133 Å². The van der Waals surface area contributed by atoms with E-state index in [4.69, 9.17) is 13.9 Å². The topological polar surface area (TPSA) is 60.6 Å². The summed E-state index contributed by atoms with van der Waals surface area (Å²) in [6, 6.07) is 11.5. The van der Waals surface area contributed by atoms with Crippen LogP contribution in [0.1, 0.15) is 0 Å². The molecule has 118 valence electrons. The maximum atomic E-state index is 5.84. The molecule has 6 heteroatoms. The molecule has 1 aromatic carbocycles. The zero-order valence-corrected chi connectivity index (χ0v) is 12.9. The number of morpholine rings is 1. The third-order valence-corrected chi connectivity index (χ3v) is 3.91. The second-order valence-electron chi connectivity index (χ2n) is 5.34. The summed E-state index contributed by atoms with van der Waals surface area (Å²) >= 11 is 0. The van der Waals surface area contributed by atoms with Gasteiger partial charge >= 0.3 is 0 Å². The van der Waals surface area contributed by atoms with E-state index in [1.807, 2.05) is 36.4 Å². The zero-order valence-electron chi connectivity index (χ0n) is 12.9. The van der Waals surface area contributed by atoms with Crippen molar-refractivity contribution in [3.8, 4) is 17.2 Å². The van der Waals surface area contributed by atoms with Crippen LogP contribution >= 0.6 is 0 Å². The number of benzene rings is 1. The second kappa shape index (κ2) is 5.89. The molecule has 1 aliphatic rings. The molecular weight excluding hydrogens is 294 g/mol. The second-order valence-corrected chi connectivity index (χ2v) is 5.34. The largest absolute Gasteiger partial charge is 0.497 e. The minimum atomic E-state index is 0.555. The third-order valence-electron chi connectivity index (χ3n) is 3.91. The van der Waals surface area contributed by atoms with Crippen LogP contribution in [0.15, 0.2) is 40.8 Å². The van der Waals surface area contributed by atoms with E-state index in [9.17, 15) is 0 Å². The first-order chi connectivity index (χ1) is 11.3. The SMILES string of the molecule is COc1ccc(-c2nc3ccc(N4CCOCC4)nc3o2)cc1. The van der Waals surface area contributed by atoms with Crippen LogP contribution in [0.4, 0.5) is 5.82 Å². The highest BCUT2D eigenvalue weighted by Gasteiger charge is 2.15. The summed E-state index contributed by atoms with van der Waals surface area (Å²) < 4.78 is 16.4. The van der Waals surface area contributed by atoms with Gasteiger partial charge < -0.3 is 18.8 Å². The molecule has 0 amide bonds. The number of hydrogen-bond acceptors (Lipinski definition) is 6. The van der Waals surface area contributed by atoms with Gasteiger partial charge in [0.25, 0.3) is 0 Å². The van der Waals surface area contributed by atoms with Crippen LogP contribution in [-0.4, -0.2) is 43.4 Å². The van der Waals surface area contributed by atoms with Crippen LogP contribution in [0.25, 0.3) is 22.7 Å². The van der Waals surface area contributed by atoms with Gasteiger partial charge in [-0.15, -0.1) is 0 Å². The lowest BCUT2D eigenvalue weighted by atomic mass is 10.2. The van der Waals surface area contributed by atoms with E-state index in [0.29, 0.717) is 11.6 Å². The molecular formula is C17H17N3O3. The summed E-state index contributed by atoms with van der Waals surface area (Å²) in [5, 5.41) is 0. The van der Waals surface area contributed by atoms with Crippen molar-refractivity contribution in [3.63, 3.8) is 0 Å². The van der Waals surface area contributed by atoms with Crippen molar-refractivity contribution in [3.05, 3.63) is 36.4 Å². The predicted octanol–water partition coefficient (Wildman–Crippen LogP) is 2.74. The lowest BCUT2D eigenvalue weighted by Gasteiger charge is -2.27. The van der Waals surface area contributed by atoms with Crippen molar-refractivity contribution in [1.29, 1.82) is 0 Å². The quantitative estimate of drug-likeness (QED) is 0.741. The molecule has 0 spiro atoms. The van der Waals surface area contributed by atoms with E-state index < -0.39 is 0 Å². The monoisotopic (exact) mass is 311 g/mol. The molecule has 0 radical (unpaired) electrons. The average molecular weight is 311 g/mol. The summed E-state index contributed by atoms with van der Waals surface area (Å²) in [6.45, 7) is 3.15. The Kier molecular flexibility index (Phi) is 3.59. The molecule has 1 fully saturated rings. The fraction of sp³-hybridized carbons (Fsp3) is 0.294. The molecule has 0 N–H and O–H groups in total. The van der Waals surface area contributed by atoms with Crippen LogP contribution in [-0.2, 0) is 4.74 Å². The highest BCUT2D eigenvalue weighted by molar-refractivity contribution is 5.74. The van der Waals surface area contributed by atoms with Gasteiger partial charge in [-0.2, -0.15) is 4.98 Å². The number of hydrogen-bond donors (Lipinski definition) is 0. The van der Waals surface area contributed by atoms with Gasteiger partial charge in [-0.05, 0) is 36.4 Å². The molecule has 0 aliphatic carbocycles. The Morgan fingerprint density at radius 1 is 1.00 bits per heavy atom. The first-order valence-corrected chi connectivity index (χ1v) is 7.58. The third kappa shape index (κ3) is 2.73. The van der Waals surface area contributed by atoms with Crippen LogP contribution in [0, 0.1) is 0 Å². The van der Waals surface area contributed by atoms with Gasteiger partial charge in [0.2, 0.25) is 11.6 Å². The van der Waals surface area contributed by atoms with Crippen molar-refractivity contribution >= 4 is 17.0 Å². The Morgan fingerprint density at radius 2 is 1.78 bits per heavy atom. The van der Waals surface area contributed by atoms with E-state index in [1.54, 1.807) is 7.11 Å². The molecule has 1 aliphatic heterocycles. The number of ether oxygens (including phenoxy) is 2. The smallest absolute Gasteiger partial charge is 0.249 e. The summed E-state index contributed by atoms with van der Waals surface area (Å²) in [6.07, 6.45) is 0. The van der Waals surface area contributed by atoms with Crippen molar-refractivity contribution in [2.75, 3.05) is 38.3 Å². The Hall–Kier alpha value is -2.60. The normalized spacial score (nSPS) is 15.1. The van der Waals surface area contributed by atoms with Gasteiger partial charge in [0, 0.05) is 18.7 Å². The molecule has 0 bridgehead atoms. The molecule has 4 rings (SSSR count). The van der Waals surface area contributed by atoms with Crippen molar-refractivity contribution in [2.24, 2.45) is 0 Å². The fourth-order valence-electron chi connectivity index (χ4n) is 2.63. The van der Waals surface area contributed by atoms with E-state index >= 15 is 0 Å². The van der Waals surface area contributed by atoms with Gasteiger partial charge in [-0.1, -0.05) is 0 Å². The number of oxazole rings is 1. The van der Waals surface area contributed by atoms with Crippen LogP contribution in [0.5, 0.6) is 5.75 Å². The van der Waals surface area contributed by atoms with E-state index in [1.165, 1.54) is 0 Å². The lowest BCUT2D eigenvalue weighted by molar-refractivity contribution is 0.122. The van der Waals surface area contributed by atoms with Gasteiger partial charge in [0.15, 0.2) is 0 Å². The molecule has 3 heterocycles.